The molecule has 0 heteroatoms. The Hall–Kier alpha value is -1.30. The van der Waals surface area contributed by atoms with Crippen molar-refractivity contribution >= 4 is 0 Å². The van der Waals surface area contributed by atoms with Crippen molar-refractivity contribution in [1.29, 1.82) is 0 Å². The van der Waals surface area contributed by atoms with Crippen LogP contribution < -0.4 is 0 Å². The molecule has 104 valence electrons. The minimum atomic E-state index is 0.293. The third-order valence-corrected chi connectivity index (χ3v) is 3.37. The Morgan fingerprint density at radius 2 is 1.37 bits per heavy atom. The Bertz CT molecular complexity index is 433. The Balaban J connectivity index is 0.000000191. The van der Waals surface area contributed by atoms with E-state index in [1.165, 1.54) is 5.56 Å². The Kier molecular flexibility index (Phi) is 5.17. The Morgan fingerprint density at radius 3 is 1.63 bits per heavy atom. The minimum Gasteiger partial charge on any atom is -0.0804 e. The second kappa shape index (κ2) is 6.23. The van der Waals surface area contributed by atoms with E-state index in [1.54, 1.807) is 5.57 Å². The van der Waals surface area contributed by atoms with Crippen LogP contribution in [0.3, 0.4) is 0 Å². The van der Waals surface area contributed by atoms with Crippen LogP contribution in [0.1, 0.15) is 53.5 Å². The topological polar surface area (TPSA) is 0 Å². The van der Waals surface area contributed by atoms with Gasteiger partial charge in [0.15, 0.2) is 0 Å². The molecule has 0 heterocycles. The maximum Gasteiger partial charge on any atom is -0.0127 e. The standard InChI is InChI=1S/C10H14.C9H14/c1-10(2,3)9-7-5-4-6-8-9;1-9(2,3)8-6-4-5-7-8/h4-8H,1-3H3;4-6H,7H2,1-3H3. The monoisotopic (exact) mass is 256 g/mol. The quantitative estimate of drug-likeness (QED) is 0.542. The molecule has 0 radical (unpaired) electrons. The predicted molar refractivity (Wildman–Crippen MR) is 86.4 cm³/mol. The van der Waals surface area contributed by atoms with Crippen molar-refractivity contribution in [2.45, 2.75) is 53.4 Å². The van der Waals surface area contributed by atoms with E-state index in [0.717, 1.165) is 6.42 Å². The highest BCUT2D eigenvalue weighted by Crippen LogP contribution is 2.30. The predicted octanol–water partition coefficient (Wildman–Crippen LogP) is 5.90. The van der Waals surface area contributed by atoms with E-state index in [9.17, 15) is 0 Å². The van der Waals surface area contributed by atoms with Crippen LogP contribution in [0.25, 0.3) is 0 Å². The zero-order valence-corrected chi connectivity index (χ0v) is 13.3. The first kappa shape index (κ1) is 15.8. The Labute approximate surface area is 119 Å². The number of hydrogen-bond acceptors (Lipinski definition) is 0. The van der Waals surface area contributed by atoms with Crippen molar-refractivity contribution in [3.05, 3.63) is 59.7 Å². The van der Waals surface area contributed by atoms with Gasteiger partial charge in [-0.1, -0.05) is 95.7 Å². The largest absolute Gasteiger partial charge is 0.0804 e. The molecule has 0 saturated carbocycles. The minimum absolute atomic E-state index is 0.293. The normalized spacial score (nSPS) is 14.7. The SMILES string of the molecule is CC(C)(C)C1=CC=CC1.CC(C)(C)c1ccccc1. The third kappa shape index (κ3) is 5.46. The van der Waals surface area contributed by atoms with Gasteiger partial charge in [0.1, 0.15) is 0 Å². The molecule has 0 saturated heterocycles. The molecule has 1 aliphatic carbocycles. The summed E-state index contributed by atoms with van der Waals surface area (Å²) in [6.45, 7) is 13.4. The molecule has 1 aromatic carbocycles. The zero-order chi connectivity index (χ0) is 14.5. The van der Waals surface area contributed by atoms with Crippen LogP contribution >= 0.6 is 0 Å². The first-order chi connectivity index (χ1) is 8.71. The Morgan fingerprint density at radius 1 is 0.789 bits per heavy atom. The molecule has 0 fully saturated rings. The molecule has 1 aromatic rings. The van der Waals surface area contributed by atoms with Gasteiger partial charge in [-0.15, -0.1) is 0 Å². The lowest BCUT2D eigenvalue weighted by molar-refractivity contribution is 0.496. The van der Waals surface area contributed by atoms with Gasteiger partial charge in [0.25, 0.3) is 0 Å². The summed E-state index contributed by atoms with van der Waals surface area (Å²) in [7, 11) is 0. The number of benzene rings is 1. The molecule has 2 rings (SSSR count). The van der Waals surface area contributed by atoms with E-state index in [4.69, 9.17) is 0 Å². The van der Waals surface area contributed by atoms with E-state index >= 15 is 0 Å². The van der Waals surface area contributed by atoms with Crippen molar-refractivity contribution in [3.8, 4) is 0 Å². The average molecular weight is 256 g/mol. The summed E-state index contributed by atoms with van der Waals surface area (Å²) >= 11 is 0. The van der Waals surface area contributed by atoms with E-state index < -0.39 is 0 Å². The van der Waals surface area contributed by atoms with Crippen molar-refractivity contribution in [1.82, 2.24) is 0 Å². The summed E-state index contributed by atoms with van der Waals surface area (Å²) in [5, 5.41) is 0. The summed E-state index contributed by atoms with van der Waals surface area (Å²) < 4.78 is 0. The molecule has 0 spiro atoms. The molecule has 0 nitrogen and oxygen atoms in total. The van der Waals surface area contributed by atoms with E-state index in [1.807, 2.05) is 0 Å². The maximum atomic E-state index is 2.26. The van der Waals surface area contributed by atoms with Gasteiger partial charge in [0.2, 0.25) is 0 Å². The highest BCUT2D eigenvalue weighted by molar-refractivity contribution is 5.27. The van der Waals surface area contributed by atoms with Crippen molar-refractivity contribution in [2.24, 2.45) is 5.41 Å². The lowest BCUT2D eigenvalue weighted by atomic mass is 9.86. The van der Waals surface area contributed by atoms with Crippen molar-refractivity contribution in [3.63, 3.8) is 0 Å². The van der Waals surface area contributed by atoms with Crippen LogP contribution in [0.5, 0.6) is 0 Å². The number of allylic oxidation sites excluding steroid dienone is 4. The van der Waals surface area contributed by atoms with Crippen LogP contribution in [0.2, 0.25) is 0 Å². The molecular formula is C19H28. The first-order valence-electron chi connectivity index (χ1n) is 7.13. The summed E-state index contributed by atoms with van der Waals surface area (Å²) in [5.74, 6) is 0. The fraction of sp³-hybridized carbons (Fsp3) is 0.474. The van der Waals surface area contributed by atoms with E-state index in [0.29, 0.717) is 10.8 Å². The van der Waals surface area contributed by atoms with Crippen molar-refractivity contribution < 1.29 is 0 Å². The molecule has 0 aliphatic heterocycles. The van der Waals surface area contributed by atoms with Gasteiger partial charge >= 0.3 is 0 Å². The number of rotatable bonds is 0. The zero-order valence-electron chi connectivity index (χ0n) is 13.3. The van der Waals surface area contributed by atoms with E-state index in [-0.39, 0.29) is 0 Å². The van der Waals surface area contributed by atoms with Crippen LogP contribution in [0.15, 0.2) is 54.1 Å². The summed E-state index contributed by atoms with van der Waals surface area (Å²) in [4.78, 5) is 0. The molecule has 0 amide bonds. The molecule has 1 aliphatic rings. The second-order valence-corrected chi connectivity index (χ2v) is 7.19. The van der Waals surface area contributed by atoms with Gasteiger partial charge in [0, 0.05) is 0 Å². The third-order valence-electron chi connectivity index (χ3n) is 3.37. The van der Waals surface area contributed by atoms with Gasteiger partial charge in [-0.3, -0.25) is 0 Å². The molecule has 0 atom stereocenters. The molecular weight excluding hydrogens is 228 g/mol. The second-order valence-electron chi connectivity index (χ2n) is 7.19. The van der Waals surface area contributed by atoms with Gasteiger partial charge < -0.3 is 0 Å². The smallest absolute Gasteiger partial charge is 0.0127 e. The fourth-order valence-electron chi connectivity index (χ4n) is 1.94. The van der Waals surface area contributed by atoms with Gasteiger partial charge in [-0.25, -0.2) is 0 Å². The van der Waals surface area contributed by atoms with Crippen LogP contribution in [-0.2, 0) is 5.41 Å². The average Bonchev–Trinajstić information content (AvgIpc) is 2.83. The van der Waals surface area contributed by atoms with Gasteiger partial charge in [0.05, 0.1) is 0 Å². The molecule has 0 bridgehead atoms. The summed E-state index contributed by atoms with van der Waals surface area (Å²) in [6.07, 6.45) is 7.73. The molecule has 0 aromatic heterocycles. The van der Waals surface area contributed by atoms with Crippen LogP contribution in [0, 0.1) is 5.41 Å². The van der Waals surface area contributed by atoms with Crippen molar-refractivity contribution in [2.75, 3.05) is 0 Å². The highest BCUT2D eigenvalue weighted by Gasteiger charge is 2.16. The molecule has 0 N–H and O–H groups in total. The molecule has 0 unspecified atom stereocenters. The van der Waals surface area contributed by atoms with Crippen LogP contribution in [0.4, 0.5) is 0 Å². The highest BCUT2D eigenvalue weighted by atomic mass is 14.2. The fourth-order valence-corrected chi connectivity index (χ4v) is 1.94. The summed E-state index contributed by atoms with van der Waals surface area (Å²) in [6, 6.07) is 10.6. The lowest BCUT2D eigenvalue weighted by Gasteiger charge is -2.19. The molecule has 19 heavy (non-hydrogen) atoms. The van der Waals surface area contributed by atoms with Gasteiger partial charge in [-0.2, -0.15) is 0 Å². The lowest BCUT2D eigenvalue weighted by Crippen LogP contribution is -2.10. The van der Waals surface area contributed by atoms with E-state index in [2.05, 4.69) is 90.1 Å². The van der Waals surface area contributed by atoms with Gasteiger partial charge in [-0.05, 0) is 22.8 Å². The summed E-state index contributed by atoms with van der Waals surface area (Å²) in [5.41, 5.74) is 3.61. The maximum absolute atomic E-state index is 2.26. The van der Waals surface area contributed by atoms with Crippen LogP contribution in [-0.4, -0.2) is 0 Å². The number of hydrogen-bond donors (Lipinski definition) is 0. The first-order valence-corrected chi connectivity index (χ1v) is 7.13.